The number of ether oxygens (including phenoxy) is 2. The molecule has 2 aromatic carbocycles. The largest absolute Gasteiger partial charge is 0.508 e. The summed E-state index contributed by atoms with van der Waals surface area (Å²) in [7, 11) is 0. The van der Waals surface area contributed by atoms with E-state index in [-0.39, 0.29) is 11.5 Å². The molecule has 5 N–H and O–H groups in total. The summed E-state index contributed by atoms with van der Waals surface area (Å²) in [5.74, 6) is -1.12. The number of phenolic OH excluding ortho intramolecular Hbond substituents is 1. The van der Waals surface area contributed by atoms with Gasteiger partial charge in [-0.05, 0) is 35.4 Å². The lowest BCUT2D eigenvalue weighted by Gasteiger charge is -2.38. The van der Waals surface area contributed by atoms with E-state index in [9.17, 15) is 25.2 Å². The molecule has 0 radical (unpaired) electrons. The van der Waals surface area contributed by atoms with E-state index in [1.54, 1.807) is 36.4 Å². The number of aliphatic carboxylic acids is 1. The Kier molecular flexibility index (Phi) is 6.41. The van der Waals surface area contributed by atoms with E-state index in [1.807, 2.05) is 0 Å². The lowest BCUT2D eigenvalue weighted by molar-refractivity contribution is -0.271. The van der Waals surface area contributed by atoms with Crippen LogP contribution in [0.25, 0.3) is 5.57 Å². The number of carboxylic acids is 1. The molecule has 0 unspecified atom stereocenters. The summed E-state index contributed by atoms with van der Waals surface area (Å²) < 4.78 is 10.6. The van der Waals surface area contributed by atoms with Crippen molar-refractivity contribution in [2.45, 2.75) is 30.7 Å². The SMILES string of the molecule is O=C(O)[C@H]1O[C@@H](Oc2ccc(/C(=C/Cl)c3ccc(O)cc3)cc2)[C@H](O)[C@@H](O)[C@@H]1O. The molecule has 0 spiro atoms. The number of aliphatic hydroxyl groups excluding tert-OH is 3. The third kappa shape index (κ3) is 4.52. The van der Waals surface area contributed by atoms with Crippen LogP contribution in [0.3, 0.4) is 0 Å². The lowest BCUT2D eigenvalue weighted by Crippen LogP contribution is -2.61. The van der Waals surface area contributed by atoms with E-state index in [0.29, 0.717) is 5.57 Å². The van der Waals surface area contributed by atoms with Crippen LogP contribution in [0.4, 0.5) is 0 Å². The Hall–Kier alpha value is -2.62. The van der Waals surface area contributed by atoms with Gasteiger partial charge in [-0.2, -0.15) is 0 Å². The molecule has 0 aromatic heterocycles. The monoisotopic (exact) mass is 422 g/mol. The molecule has 8 nitrogen and oxygen atoms in total. The van der Waals surface area contributed by atoms with Gasteiger partial charge in [-0.3, -0.25) is 0 Å². The molecular formula is C20H19ClO8. The van der Waals surface area contributed by atoms with E-state index < -0.39 is 36.7 Å². The van der Waals surface area contributed by atoms with Gasteiger partial charge in [0.15, 0.2) is 6.10 Å². The number of rotatable bonds is 5. The van der Waals surface area contributed by atoms with Crippen LogP contribution in [0, 0.1) is 0 Å². The van der Waals surface area contributed by atoms with Crippen LogP contribution in [0.5, 0.6) is 11.5 Å². The number of benzene rings is 2. The van der Waals surface area contributed by atoms with Gasteiger partial charge >= 0.3 is 5.97 Å². The van der Waals surface area contributed by atoms with Crippen molar-refractivity contribution in [2.24, 2.45) is 0 Å². The van der Waals surface area contributed by atoms with Crippen molar-refractivity contribution in [3.05, 3.63) is 65.2 Å². The van der Waals surface area contributed by atoms with Gasteiger partial charge in [0.2, 0.25) is 6.29 Å². The van der Waals surface area contributed by atoms with Crippen LogP contribution in [0.2, 0.25) is 0 Å². The molecule has 0 saturated carbocycles. The summed E-state index contributed by atoms with van der Waals surface area (Å²) >= 11 is 5.95. The van der Waals surface area contributed by atoms with Gasteiger partial charge in [0.25, 0.3) is 0 Å². The zero-order chi connectivity index (χ0) is 21.1. The van der Waals surface area contributed by atoms with Gasteiger partial charge in [0.05, 0.1) is 0 Å². The standard InChI is InChI=1S/C20H19ClO8/c21-9-14(10-1-5-12(22)6-2-10)11-3-7-13(8-4-11)28-20-17(25)15(23)16(24)18(29-20)19(26)27/h1-9,15-18,20,22-25H,(H,26,27)/b14-9+/t15-,16-,17+,18-,20+/m0/s1. The smallest absolute Gasteiger partial charge is 0.335 e. The van der Waals surface area contributed by atoms with Gasteiger partial charge in [0.1, 0.15) is 29.8 Å². The highest BCUT2D eigenvalue weighted by atomic mass is 35.5. The van der Waals surface area contributed by atoms with Crippen LogP contribution in [0.1, 0.15) is 11.1 Å². The molecule has 3 rings (SSSR count). The zero-order valence-electron chi connectivity index (χ0n) is 14.9. The predicted octanol–water partition coefficient (Wildman–Crippen LogP) is 1.29. The number of hydrogen-bond donors (Lipinski definition) is 5. The average molecular weight is 423 g/mol. The van der Waals surface area contributed by atoms with Gasteiger partial charge in [-0.15, -0.1) is 0 Å². The lowest BCUT2D eigenvalue weighted by atomic mass is 9.98. The van der Waals surface area contributed by atoms with E-state index in [4.69, 9.17) is 26.2 Å². The molecule has 29 heavy (non-hydrogen) atoms. The fourth-order valence-electron chi connectivity index (χ4n) is 2.93. The fraction of sp³-hybridized carbons (Fsp3) is 0.250. The van der Waals surface area contributed by atoms with E-state index >= 15 is 0 Å². The van der Waals surface area contributed by atoms with Crippen molar-refractivity contribution in [3.63, 3.8) is 0 Å². The highest BCUT2D eigenvalue weighted by Gasteiger charge is 2.48. The molecule has 5 atom stereocenters. The third-order valence-corrected chi connectivity index (χ3v) is 4.74. The first kappa shape index (κ1) is 21.1. The summed E-state index contributed by atoms with van der Waals surface area (Å²) in [6.07, 6.45) is -8.39. The molecule has 0 amide bonds. The van der Waals surface area contributed by atoms with Gasteiger partial charge < -0.3 is 35.0 Å². The zero-order valence-corrected chi connectivity index (χ0v) is 15.7. The maximum absolute atomic E-state index is 11.2. The summed E-state index contributed by atoms with van der Waals surface area (Å²) in [6.45, 7) is 0. The second-order valence-corrected chi connectivity index (χ2v) is 6.67. The van der Waals surface area contributed by atoms with E-state index in [0.717, 1.165) is 11.1 Å². The van der Waals surface area contributed by atoms with Gasteiger partial charge in [0, 0.05) is 11.1 Å². The highest BCUT2D eigenvalue weighted by molar-refractivity contribution is 6.29. The Morgan fingerprint density at radius 1 is 0.931 bits per heavy atom. The molecule has 0 aliphatic carbocycles. The topological polar surface area (TPSA) is 137 Å². The fourth-order valence-corrected chi connectivity index (χ4v) is 3.18. The molecular weight excluding hydrogens is 404 g/mol. The summed E-state index contributed by atoms with van der Waals surface area (Å²) in [5, 5.41) is 48.1. The van der Waals surface area contributed by atoms with E-state index in [2.05, 4.69) is 0 Å². The molecule has 9 heteroatoms. The average Bonchev–Trinajstić information content (AvgIpc) is 2.71. The molecule has 154 valence electrons. The number of carbonyl (C=O) groups is 1. The second kappa shape index (κ2) is 8.81. The van der Waals surface area contributed by atoms with Gasteiger partial charge in [-0.25, -0.2) is 4.79 Å². The summed E-state index contributed by atoms with van der Waals surface area (Å²) in [5.41, 5.74) is 3.60. The summed E-state index contributed by atoms with van der Waals surface area (Å²) in [4.78, 5) is 11.2. The van der Waals surface area contributed by atoms with Crippen molar-refractivity contribution >= 4 is 23.1 Å². The Labute approximate surface area is 170 Å². The first-order chi connectivity index (χ1) is 13.8. The normalized spacial score (nSPS) is 27.4. The number of hydrogen-bond acceptors (Lipinski definition) is 7. The minimum atomic E-state index is -1.79. The van der Waals surface area contributed by atoms with Crippen molar-refractivity contribution in [1.29, 1.82) is 0 Å². The second-order valence-electron chi connectivity index (χ2n) is 6.45. The Bertz CT molecular complexity index is 880. The first-order valence-corrected chi connectivity index (χ1v) is 9.05. The molecule has 1 aliphatic heterocycles. The maximum atomic E-state index is 11.2. The van der Waals surface area contributed by atoms with Crippen LogP contribution >= 0.6 is 11.6 Å². The number of halogens is 1. The predicted molar refractivity (Wildman–Crippen MR) is 102 cm³/mol. The number of aliphatic hydroxyl groups is 3. The quantitative estimate of drug-likeness (QED) is 0.486. The Morgan fingerprint density at radius 2 is 1.48 bits per heavy atom. The van der Waals surface area contributed by atoms with Crippen LogP contribution in [0.15, 0.2) is 54.1 Å². The van der Waals surface area contributed by atoms with Crippen molar-refractivity contribution in [3.8, 4) is 11.5 Å². The highest BCUT2D eigenvalue weighted by Crippen LogP contribution is 2.29. The molecule has 1 fully saturated rings. The Morgan fingerprint density at radius 3 is 2.00 bits per heavy atom. The van der Waals surface area contributed by atoms with Crippen molar-refractivity contribution in [2.75, 3.05) is 0 Å². The van der Waals surface area contributed by atoms with Crippen LogP contribution < -0.4 is 4.74 Å². The van der Waals surface area contributed by atoms with Gasteiger partial charge in [-0.1, -0.05) is 35.9 Å². The summed E-state index contributed by atoms with van der Waals surface area (Å²) in [6, 6.07) is 13.0. The molecule has 1 saturated heterocycles. The molecule has 0 bridgehead atoms. The molecule has 1 heterocycles. The minimum absolute atomic E-state index is 0.129. The molecule has 1 aliphatic rings. The Balaban J connectivity index is 1.76. The van der Waals surface area contributed by atoms with Crippen LogP contribution in [-0.2, 0) is 9.53 Å². The molecule has 2 aromatic rings. The minimum Gasteiger partial charge on any atom is -0.508 e. The van der Waals surface area contributed by atoms with Crippen LogP contribution in [-0.4, -0.2) is 62.2 Å². The number of aromatic hydroxyl groups is 1. The van der Waals surface area contributed by atoms with Crippen molar-refractivity contribution in [1.82, 2.24) is 0 Å². The maximum Gasteiger partial charge on any atom is 0.335 e. The number of carboxylic acid groups (broad SMARTS) is 1. The van der Waals surface area contributed by atoms with Crippen molar-refractivity contribution < 1.29 is 39.8 Å². The van der Waals surface area contributed by atoms with E-state index in [1.165, 1.54) is 17.7 Å². The first-order valence-electron chi connectivity index (χ1n) is 8.61. The third-order valence-electron chi connectivity index (χ3n) is 4.52. The number of phenols is 1.